The van der Waals surface area contributed by atoms with Crippen molar-refractivity contribution in [2.75, 3.05) is 0 Å². The van der Waals surface area contributed by atoms with E-state index in [4.69, 9.17) is 4.74 Å². The molecule has 0 aliphatic rings. The first kappa shape index (κ1) is 18.8. The molecule has 0 bridgehead atoms. The van der Waals surface area contributed by atoms with Gasteiger partial charge in [-0.1, -0.05) is 18.2 Å². The van der Waals surface area contributed by atoms with Crippen LogP contribution in [0.5, 0.6) is 5.75 Å². The van der Waals surface area contributed by atoms with E-state index in [-0.39, 0.29) is 6.54 Å². The maximum atomic E-state index is 12.7. The van der Waals surface area contributed by atoms with Crippen LogP contribution in [-0.4, -0.2) is 12.0 Å². The fourth-order valence-electron chi connectivity index (χ4n) is 2.45. The number of halogens is 3. The van der Waals surface area contributed by atoms with Crippen LogP contribution in [0.2, 0.25) is 0 Å². The monoisotopic (exact) mass is 351 g/mol. The van der Waals surface area contributed by atoms with Gasteiger partial charge in [0.25, 0.3) is 5.91 Å². The minimum atomic E-state index is -4.40. The zero-order chi connectivity index (χ0) is 18.6. The van der Waals surface area contributed by atoms with Gasteiger partial charge in [-0.25, -0.2) is 0 Å². The molecule has 0 saturated carbocycles. The highest BCUT2D eigenvalue weighted by molar-refractivity contribution is 5.80. The van der Waals surface area contributed by atoms with Gasteiger partial charge in [0, 0.05) is 6.54 Å². The first-order chi connectivity index (χ1) is 11.6. The van der Waals surface area contributed by atoms with Crippen molar-refractivity contribution in [3.05, 3.63) is 64.7 Å². The summed E-state index contributed by atoms with van der Waals surface area (Å²) in [6.45, 7) is 5.46. The molecule has 0 radical (unpaired) electrons. The van der Waals surface area contributed by atoms with Crippen molar-refractivity contribution in [1.82, 2.24) is 5.32 Å². The number of alkyl halides is 3. The summed E-state index contributed by atoms with van der Waals surface area (Å²) in [5.41, 5.74) is 1.68. The van der Waals surface area contributed by atoms with E-state index < -0.39 is 23.8 Å². The molecular formula is C19H20F3NO2. The Bertz CT molecular complexity index is 736. The summed E-state index contributed by atoms with van der Waals surface area (Å²) in [5.74, 6) is 0.191. The van der Waals surface area contributed by atoms with Crippen LogP contribution in [0, 0.1) is 13.8 Å². The van der Waals surface area contributed by atoms with E-state index in [2.05, 4.69) is 5.32 Å². The number of aryl methyl sites for hydroxylation is 2. The molecule has 0 heterocycles. The molecule has 0 fully saturated rings. The Morgan fingerprint density at radius 1 is 1.12 bits per heavy atom. The lowest BCUT2D eigenvalue weighted by molar-refractivity contribution is -0.137. The van der Waals surface area contributed by atoms with Gasteiger partial charge in [0.05, 0.1) is 5.56 Å². The summed E-state index contributed by atoms with van der Waals surface area (Å²) in [6.07, 6.45) is -5.16. The molecule has 0 saturated heterocycles. The number of amides is 1. The minimum Gasteiger partial charge on any atom is -0.481 e. The van der Waals surface area contributed by atoms with E-state index >= 15 is 0 Å². The van der Waals surface area contributed by atoms with E-state index in [0.717, 1.165) is 23.3 Å². The molecule has 25 heavy (non-hydrogen) atoms. The van der Waals surface area contributed by atoms with Gasteiger partial charge in [0.2, 0.25) is 0 Å². The number of hydrogen-bond donors (Lipinski definition) is 1. The van der Waals surface area contributed by atoms with Crippen LogP contribution in [0.15, 0.2) is 42.5 Å². The van der Waals surface area contributed by atoms with Gasteiger partial charge in [-0.05, 0) is 61.7 Å². The summed E-state index contributed by atoms with van der Waals surface area (Å²) >= 11 is 0. The molecule has 0 spiro atoms. The third kappa shape index (κ3) is 5.52. The lowest BCUT2D eigenvalue weighted by Gasteiger charge is -2.16. The maximum Gasteiger partial charge on any atom is 0.416 e. The van der Waals surface area contributed by atoms with Gasteiger partial charge in [-0.2, -0.15) is 13.2 Å². The van der Waals surface area contributed by atoms with Gasteiger partial charge in [0.15, 0.2) is 6.10 Å². The molecule has 1 amide bonds. The standard InChI is InChI=1S/C19H20F3NO2/c1-12-7-13(2)9-17(8-12)25-14(3)18(24)23-11-15-5-4-6-16(10-15)19(20,21)22/h4-10,14H,11H2,1-3H3,(H,23,24)/t14-/m1/s1. The van der Waals surface area contributed by atoms with Crippen molar-refractivity contribution >= 4 is 5.91 Å². The third-order valence-electron chi connectivity index (χ3n) is 3.60. The topological polar surface area (TPSA) is 38.3 Å². The second-order valence-corrected chi connectivity index (χ2v) is 6.00. The van der Waals surface area contributed by atoms with Crippen LogP contribution in [-0.2, 0) is 17.5 Å². The molecule has 2 aromatic carbocycles. The zero-order valence-corrected chi connectivity index (χ0v) is 14.3. The van der Waals surface area contributed by atoms with Crippen LogP contribution in [0.25, 0.3) is 0 Å². The minimum absolute atomic E-state index is 0.00327. The molecule has 0 aliphatic carbocycles. The first-order valence-electron chi connectivity index (χ1n) is 7.84. The zero-order valence-electron chi connectivity index (χ0n) is 14.3. The van der Waals surface area contributed by atoms with Crippen LogP contribution in [0.1, 0.15) is 29.2 Å². The highest BCUT2D eigenvalue weighted by atomic mass is 19.4. The van der Waals surface area contributed by atoms with Gasteiger partial charge in [-0.15, -0.1) is 0 Å². The number of nitrogens with one attached hydrogen (secondary N) is 1. The number of carbonyl (C=O) groups excluding carboxylic acids is 1. The normalized spacial score (nSPS) is 12.6. The first-order valence-corrected chi connectivity index (χ1v) is 7.84. The number of ether oxygens (including phenoxy) is 1. The Kier molecular flexibility index (Phi) is 5.72. The Hall–Kier alpha value is -2.50. The van der Waals surface area contributed by atoms with E-state index in [0.29, 0.717) is 11.3 Å². The number of carbonyl (C=O) groups is 1. The Labute approximate surface area is 144 Å². The van der Waals surface area contributed by atoms with Crippen LogP contribution in [0.3, 0.4) is 0 Å². The molecule has 6 heteroatoms. The summed E-state index contributed by atoms with van der Waals surface area (Å²) < 4.78 is 43.7. The second kappa shape index (κ2) is 7.59. The van der Waals surface area contributed by atoms with Gasteiger partial charge >= 0.3 is 6.18 Å². The average Bonchev–Trinajstić information content (AvgIpc) is 2.51. The van der Waals surface area contributed by atoms with Crippen LogP contribution in [0.4, 0.5) is 13.2 Å². The molecule has 2 aromatic rings. The van der Waals surface area contributed by atoms with E-state index in [1.807, 2.05) is 32.0 Å². The molecule has 0 aromatic heterocycles. The van der Waals surface area contributed by atoms with Crippen molar-refractivity contribution in [3.8, 4) is 5.75 Å². The number of benzene rings is 2. The predicted octanol–water partition coefficient (Wildman–Crippen LogP) is 4.41. The van der Waals surface area contributed by atoms with Gasteiger partial charge < -0.3 is 10.1 Å². The highest BCUT2D eigenvalue weighted by Crippen LogP contribution is 2.29. The van der Waals surface area contributed by atoms with Crippen molar-refractivity contribution in [3.63, 3.8) is 0 Å². The SMILES string of the molecule is Cc1cc(C)cc(O[C@H](C)C(=O)NCc2cccc(C(F)(F)F)c2)c1. The maximum absolute atomic E-state index is 12.7. The van der Waals surface area contributed by atoms with E-state index in [1.165, 1.54) is 12.1 Å². The summed E-state index contributed by atoms with van der Waals surface area (Å²) in [4.78, 5) is 12.1. The molecule has 134 valence electrons. The lowest BCUT2D eigenvalue weighted by atomic mass is 10.1. The Morgan fingerprint density at radius 3 is 2.36 bits per heavy atom. The predicted molar refractivity (Wildman–Crippen MR) is 89.3 cm³/mol. The molecule has 0 unspecified atom stereocenters. The quantitative estimate of drug-likeness (QED) is 0.867. The number of hydrogen-bond acceptors (Lipinski definition) is 2. The third-order valence-corrected chi connectivity index (χ3v) is 3.60. The lowest BCUT2D eigenvalue weighted by Crippen LogP contribution is -2.36. The van der Waals surface area contributed by atoms with E-state index in [1.54, 1.807) is 6.92 Å². The molecule has 3 nitrogen and oxygen atoms in total. The molecule has 0 aliphatic heterocycles. The van der Waals surface area contributed by atoms with Crippen molar-refractivity contribution in [2.24, 2.45) is 0 Å². The van der Waals surface area contributed by atoms with Crippen molar-refractivity contribution in [2.45, 2.75) is 39.6 Å². The molecule has 1 atom stereocenters. The van der Waals surface area contributed by atoms with Gasteiger partial charge in [-0.3, -0.25) is 4.79 Å². The molecule has 2 rings (SSSR count). The summed E-state index contributed by atoms with van der Waals surface area (Å²) in [6, 6.07) is 10.5. The Balaban J connectivity index is 1.95. The van der Waals surface area contributed by atoms with Gasteiger partial charge in [0.1, 0.15) is 5.75 Å². The summed E-state index contributed by atoms with van der Waals surface area (Å²) in [7, 11) is 0. The molecule has 1 N–H and O–H groups in total. The van der Waals surface area contributed by atoms with Crippen molar-refractivity contribution in [1.29, 1.82) is 0 Å². The van der Waals surface area contributed by atoms with Crippen molar-refractivity contribution < 1.29 is 22.7 Å². The van der Waals surface area contributed by atoms with Crippen LogP contribution < -0.4 is 10.1 Å². The number of rotatable bonds is 5. The molecular weight excluding hydrogens is 331 g/mol. The smallest absolute Gasteiger partial charge is 0.416 e. The van der Waals surface area contributed by atoms with Crippen LogP contribution >= 0.6 is 0 Å². The van der Waals surface area contributed by atoms with E-state index in [9.17, 15) is 18.0 Å². The second-order valence-electron chi connectivity index (χ2n) is 6.00. The largest absolute Gasteiger partial charge is 0.481 e. The highest BCUT2D eigenvalue weighted by Gasteiger charge is 2.30. The fourth-order valence-corrected chi connectivity index (χ4v) is 2.45. The average molecular weight is 351 g/mol. The fraction of sp³-hybridized carbons (Fsp3) is 0.316. The Morgan fingerprint density at radius 2 is 1.76 bits per heavy atom. The summed E-state index contributed by atoms with van der Waals surface area (Å²) in [5, 5.41) is 2.60.